The van der Waals surface area contributed by atoms with Crippen LogP contribution in [-0.4, -0.2) is 22.1 Å². The second-order valence-electron chi connectivity index (χ2n) is 5.88. The first-order valence-electron chi connectivity index (χ1n) is 7.41. The molecule has 2 aliphatic rings. The molecule has 2 N–H and O–H groups in total. The Morgan fingerprint density at radius 2 is 2.14 bits per heavy atom. The Hall–Kier alpha value is -2.30. The van der Waals surface area contributed by atoms with Crippen molar-refractivity contribution in [1.29, 1.82) is 0 Å². The summed E-state index contributed by atoms with van der Waals surface area (Å²) in [5, 5.41) is 0. The predicted molar refractivity (Wildman–Crippen MR) is 83.4 cm³/mol. The highest BCUT2D eigenvalue weighted by atomic mass is 15.3. The van der Waals surface area contributed by atoms with Gasteiger partial charge < -0.3 is 15.2 Å². The molecule has 21 heavy (non-hydrogen) atoms. The molecule has 0 radical (unpaired) electrons. The van der Waals surface area contributed by atoms with Gasteiger partial charge in [0.05, 0.1) is 30.8 Å². The number of guanidine groups is 1. The number of nitrogens with zero attached hydrogens (tertiary/aromatic N) is 4. The van der Waals surface area contributed by atoms with Gasteiger partial charge in [-0.05, 0) is 37.5 Å². The number of benzene rings is 1. The normalized spacial score (nSPS) is 21.7. The van der Waals surface area contributed by atoms with E-state index in [-0.39, 0.29) is 6.04 Å². The lowest BCUT2D eigenvalue weighted by Gasteiger charge is -2.27. The van der Waals surface area contributed by atoms with Gasteiger partial charge in [-0.3, -0.25) is 4.99 Å². The first-order valence-corrected chi connectivity index (χ1v) is 7.41. The molecule has 1 aliphatic carbocycles. The van der Waals surface area contributed by atoms with Crippen LogP contribution in [0.5, 0.6) is 0 Å². The summed E-state index contributed by atoms with van der Waals surface area (Å²) in [5.41, 5.74) is 9.68. The second kappa shape index (κ2) is 4.62. The first-order chi connectivity index (χ1) is 10.2. The predicted octanol–water partition coefficient (Wildman–Crippen LogP) is 2.40. The Bertz CT molecular complexity index is 698. The molecule has 1 saturated carbocycles. The Kier molecular flexibility index (Phi) is 2.74. The highest BCUT2D eigenvalue weighted by Gasteiger charge is 2.34. The summed E-state index contributed by atoms with van der Waals surface area (Å²) in [5.74, 6) is 0.592. The van der Waals surface area contributed by atoms with Crippen molar-refractivity contribution in [2.45, 2.75) is 31.8 Å². The van der Waals surface area contributed by atoms with Crippen LogP contribution in [0.15, 0.2) is 41.8 Å². The van der Waals surface area contributed by atoms with Crippen LogP contribution in [0.4, 0.5) is 5.69 Å². The van der Waals surface area contributed by atoms with Crippen molar-refractivity contribution < 1.29 is 0 Å². The van der Waals surface area contributed by atoms with Crippen molar-refractivity contribution in [3.63, 3.8) is 0 Å². The number of hydrogen-bond donors (Lipinski definition) is 1. The van der Waals surface area contributed by atoms with Crippen molar-refractivity contribution in [3.05, 3.63) is 48.0 Å². The van der Waals surface area contributed by atoms with Gasteiger partial charge in [0.1, 0.15) is 0 Å². The Morgan fingerprint density at radius 3 is 2.90 bits per heavy atom. The van der Waals surface area contributed by atoms with Crippen molar-refractivity contribution >= 4 is 11.6 Å². The molecule has 0 spiro atoms. The van der Waals surface area contributed by atoms with E-state index < -0.39 is 0 Å². The molecule has 1 unspecified atom stereocenters. The van der Waals surface area contributed by atoms with Crippen molar-refractivity contribution in [1.82, 2.24) is 9.55 Å². The van der Waals surface area contributed by atoms with E-state index >= 15 is 0 Å². The maximum Gasteiger partial charge on any atom is 0.196 e. The topological polar surface area (TPSA) is 59.4 Å². The van der Waals surface area contributed by atoms with Crippen molar-refractivity contribution in [3.8, 4) is 0 Å². The van der Waals surface area contributed by atoms with E-state index in [1.165, 1.54) is 24.1 Å². The molecule has 1 atom stereocenters. The molecule has 1 aromatic carbocycles. The van der Waals surface area contributed by atoms with Gasteiger partial charge in [-0.15, -0.1) is 0 Å². The number of aryl methyl sites for hydroxylation is 1. The summed E-state index contributed by atoms with van der Waals surface area (Å²) in [7, 11) is 0. The van der Waals surface area contributed by atoms with E-state index in [0.717, 1.165) is 5.69 Å². The smallest absolute Gasteiger partial charge is 0.196 e. The standard InChI is InChI=1S/C16H19N5/c1-11-3-2-4-13(7-11)21-15(9-19-16(21)17)14-8-18-10-20(14)12-5-6-12/h2-4,7-8,10,12,15H,5-6,9H2,1H3,(H2,17,19). The molecular weight excluding hydrogens is 262 g/mol. The highest BCUT2D eigenvalue weighted by molar-refractivity contribution is 5.97. The molecule has 0 saturated heterocycles. The lowest BCUT2D eigenvalue weighted by atomic mass is 10.1. The highest BCUT2D eigenvalue weighted by Crippen LogP contribution is 2.39. The van der Waals surface area contributed by atoms with Gasteiger partial charge in [-0.25, -0.2) is 4.98 Å². The minimum Gasteiger partial charge on any atom is -0.369 e. The number of hydrogen-bond acceptors (Lipinski definition) is 4. The quantitative estimate of drug-likeness (QED) is 0.939. The zero-order valence-corrected chi connectivity index (χ0v) is 12.1. The minimum atomic E-state index is 0.148. The van der Waals surface area contributed by atoms with Crippen LogP contribution in [0.3, 0.4) is 0 Å². The molecule has 1 fully saturated rings. The zero-order chi connectivity index (χ0) is 14.4. The van der Waals surface area contributed by atoms with E-state index in [4.69, 9.17) is 5.73 Å². The molecule has 0 amide bonds. The number of rotatable bonds is 3. The number of nitrogens with two attached hydrogens (primary N) is 1. The largest absolute Gasteiger partial charge is 0.369 e. The van der Waals surface area contributed by atoms with Gasteiger partial charge >= 0.3 is 0 Å². The Labute approximate surface area is 124 Å². The average molecular weight is 281 g/mol. The van der Waals surface area contributed by atoms with Crippen LogP contribution >= 0.6 is 0 Å². The minimum absolute atomic E-state index is 0.148. The molecule has 108 valence electrons. The number of imidazole rings is 1. The fourth-order valence-electron chi connectivity index (χ4n) is 3.04. The van der Waals surface area contributed by atoms with Gasteiger partial charge in [0.25, 0.3) is 0 Å². The van der Waals surface area contributed by atoms with Crippen molar-refractivity contribution in [2.24, 2.45) is 10.7 Å². The summed E-state index contributed by atoms with van der Waals surface area (Å²) in [4.78, 5) is 10.9. The average Bonchev–Trinajstić information content (AvgIpc) is 3.07. The second-order valence-corrected chi connectivity index (χ2v) is 5.88. The van der Waals surface area contributed by atoms with E-state index in [0.29, 0.717) is 18.5 Å². The lowest BCUT2D eigenvalue weighted by Crippen LogP contribution is -2.36. The monoisotopic (exact) mass is 281 g/mol. The van der Waals surface area contributed by atoms with Crippen LogP contribution in [0, 0.1) is 6.92 Å². The fraction of sp³-hybridized carbons (Fsp3) is 0.375. The summed E-state index contributed by atoms with van der Waals surface area (Å²) < 4.78 is 2.29. The first kappa shape index (κ1) is 12.4. The summed E-state index contributed by atoms with van der Waals surface area (Å²) in [6, 6.07) is 9.16. The Morgan fingerprint density at radius 1 is 1.29 bits per heavy atom. The SMILES string of the molecule is Cc1cccc(N2C(N)=NCC2c2cncn2C2CC2)c1. The third-order valence-electron chi connectivity index (χ3n) is 4.24. The molecular formula is C16H19N5. The summed E-state index contributed by atoms with van der Waals surface area (Å²) in [6.45, 7) is 2.79. The Balaban J connectivity index is 1.73. The summed E-state index contributed by atoms with van der Waals surface area (Å²) >= 11 is 0. The van der Waals surface area contributed by atoms with Crippen molar-refractivity contribution in [2.75, 3.05) is 11.4 Å². The number of aliphatic imine (C=N–C) groups is 1. The van der Waals surface area contributed by atoms with Gasteiger partial charge in [0.2, 0.25) is 0 Å². The molecule has 5 heteroatoms. The molecule has 2 heterocycles. The number of anilines is 1. The molecule has 0 bridgehead atoms. The van der Waals surface area contributed by atoms with Gasteiger partial charge in [-0.1, -0.05) is 12.1 Å². The van der Waals surface area contributed by atoms with E-state index in [2.05, 4.69) is 50.6 Å². The molecule has 1 aliphatic heterocycles. The van der Waals surface area contributed by atoms with E-state index in [9.17, 15) is 0 Å². The molecule has 5 nitrogen and oxygen atoms in total. The van der Waals surface area contributed by atoms with Gasteiger partial charge in [-0.2, -0.15) is 0 Å². The third kappa shape index (κ3) is 2.09. The maximum atomic E-state index is 6.15. The zero-order valence-electron chi connectivity index (χ0n) is 12.1. The fourth-order valence-corrected chi connectivity index (χ4v) is 3.04. The van der Waals surface area contributed by atoms with E-state index in [1.54, 1.807) is 0 Å². The molecule has 2 aromatic rings. The third-order valence-corrected chi connectivity index (χ3v) is 4.24. The molecule has 4 rings (SSSR count). The molecule has 1 aromatic heterocycles. The number of aromatic nitrogens is 2. The van der Waals surface area contributed by atoms with Gasteiger partial charge in [0, 0.05) is 11.7 Å². The van der Waals surface area contributed by atoms with Crippen LogP contribution in [0.2, 0.25) is 0 Å². The van der Waals surface area contributed by atoms with Crippen LogP contribution < -0.4 is 10.6 Å². The van der Waals surface area contributed by atoms with Crippen LogP contribution in [0.25, 0.3) is 0 Å². The maximum absolute atomic E-state index is 6.15. The lowest BCUT2D eigenvalue weighted by molar-refractivity contribution is 0.632. The summed E-state index contributed by atoms with van der Waals surface area (Å²) in [6.07, 6.45) is 6.39. The van der Waals surface area contributed by atoms with Crippen LogP contribution in [-0.2, 0) is 0 Å². The van der Waals surface area contributed by atoms with Crippen LogP contribution in [0.1, 0.15) is 36.2 Å². The van der Waals surface area contributed by atoms with Gasteiger partial charge in [0.15, 0.2) is 5.96 Å². The van der Waals surface area contributed by atoms with E-state index in [1.807, 2.05) is 12.5 Å².